The summed E-state index contributed by atoms with van der Waals surface area (Å²) in [6.07, 6.45) is 4.05. The fourth-order valence-electron chi connectivity index (χ4n) is 3.39. The topological polar surface area (TPSA) is 55.6 Å². The molecular formula is C14H16ClFN2O3. The summed E-state index contributed by atoms with van der Waals surface area (Å²) in [7, 11) is 2.12. The lowest BCUT2D eigenvalue weighted by atomic mass is 10.0. The number of piperidine rings is 1. The second-order valence-electron chi connectivity index (χ2n) is 5.73. The first-order valence-electron chi connectivity index (χ1n) is 6.98. The molecule has 21 heavy (non-hydrogen) atoms. The van der Waals surface area contributed by atoms with Gasteiger partial charge in [0, 0.05) is 18.2 Å². The molecular weight excluding hydrogens is 299 g/mol. The van der Waals surface area contributed by atoms with E-state index >= 15 is 0 Å². The predicted molar refractivity (Wildman–Crippen MR) is 76.3 cm³/mol. The van der Waals surface area contributed by atoms with Crippen LogP contribution < -0.4 is 4.74 Å². The van der Waals surface area contributed by atoms with Gasteiger partial charge in [-0.15, -0.1) is 0 Å². The highest BCUT2D eigenvalue weighted by Crippen LogP contribution is 2.39. The smallest absolute Gasteiger partial charge is 0.306 e. The summed E-state index contributed by atoms with van der Waals surface area (Å²) >= 11 is 5.86. The lowest BCUT2D eigenvalue weighted by Gasteiger charge is -2.36. The molecule has 2 aliphatic heterocycles. The molecule has 2 fully saturated rings. The van der Waals surface area contributed by atoms with Crippen LogP contribution in [-0.2, 0) is 0 Å². The third-order valence-corrected chi connectivity index (χ3v) is 4.92. The molecule has 114 valence electrons. The minimum Gasteiger partial charge on any atom is -0.489 e. The zero-order valence-electron chi connectivity index (χ0n) is 11.6. The molecule has 7 heteroatoms. The lowest BCUT2D eigenvalue weighted by molar-refractivity contribution is -0.387. The highest BCUT2D eigenvalue weighted by molar-refractivity contribution is 6.32. The summed E-state index contributed by atoms with van der Waals surface area (Å²) in [5, 5.41) is 10.4. The van der Waals surface area contributed by atoms with Crippen molar-refractivity contribution in [3.63, 3.8) is 0 Å². The molecule has 0 amide bonds. The van der Waals surface area contributed by atoms with Crippen molar-refractivity contribution < 1.29 is 14.1 Å². The largest absolute Gasteiger partial charge is 0.489 e. The van der Waals surface area contributed by atoms with Gasteiger partial charge in [0.25, 0.3) is 0 Å². The summed E-state index contributed by atoms with van der Waals surface area (Å²) < 4.78 is 19.6. The Hall–Kier alpha value is -1.40. The van der Waals surface area contributed by atoms with Gasteiger partial charge in [0.05, 0.1) is 4.92 Å². The second-order valence-corrected chi connectivity index (χ2v) is 6.11. The zero-order valence-corrected chi connectivity index (χ0v) is 12.3. The fraction of sp³-hybridized carbons (Fsp3) is 0.571. The molecule has 0 unspecified atom stereocenters. The Morgan fingerprint density at radius 2 is 2.00 bits per heavy atom. The van der Waals surface area contributed by atoms with E-state index in [1.165, 1.54) is 6.07 Å². The molecule has 5 nitrogen and oxygen atoms in total. The van der Waals surface area contributed by atoms with Gasteiger partial charge in [-0.3, -0.25) is 10.1 Å². The Morgan fingerprint density at radius 3 is 2.57 bits per heavy atom. The molecule has 3 rings (SSSR count). The molecule has 1 aromatic carbocycles. The van der Waals surface area contributed by atoms with Gasteiger partial charge >= 0.3 is 5.69 Å². The molecule has 0 aromatic heterocycles. The van der Waals surface area contributed by atoms with E-state index < -0.39 is 16.4 Å². The van der Waals surface area contributed by atoms with Crippen LogP contribution in [0, 0.1) is 15.9 Å². The molecule has 0 N–H and O–H groups in total. The number of rotatable bonds is 3. The first kappa shape index (κ1) is 14.5. The van der Waals surface area contributed by atoms with Crippen LogP contribution in [-0.4, -0.2) is 35.1 Å². The molecule has 0 aliphatic carbocycles. The van der Waals surface area contributed by atoms with E-state index in [1.54, 1.807) is 0 Å². The van der Waals surface area contributed by atoms with Gasteiger partial charge in [0.15, 0.2) is 0 Å². The monoisotopic (exact) mass is 314 g/mol. The molecule has 3 atom stereocenters. The van der Waals surface area contributed by atoms with Crippen LogP contribution in [0.4, 0.5) is 10.1 Å². The highest BCUT2D eigenvalue weighted by atomic mass is 35.5. The Morgan fingerprint density at radius 1 is 1.38 bits per heavy atom. The van der Waals surface area contributed by atoms with Crippen LogP contribution in [0.2, 0.25) is 5.02 Å². The van der Waals surface area contributed by atoms with Crippen molar-refractivity contribution in [1.82, 2.24) is 4.90 Å². The first-order chi connectivity index (χ1) is 9.97. The molecule has 1 aromatic rings. The van der Waals surface area contributed by atoms with Crippen LogP contribution >= 0.6 is 11.6 Å². The predicted octanol–water partition coefficient (Wildman–Crippen LogP) is 3.39. The van der Waals surface area contributed by atoms with E-state index in [-0.39, 0.29) is 16.9 Å². The minimum absolute atomic E-state index is 0.0166. The van der Waals surface area contributed by atoms with Crippen LogP contribution in [0.1, 0.15) is 25.7 Å². The third-order valence-electron chi connectivity index (χ3n) is 4.57. The molecule has 2 heterocycles. The maximum Gasteiger partial charge on any atom is 0.306 e. The number of halogens is 2. The Balaban J connectivity index is 1.77. The first-order valence-corrected chi connectivity index (χ1v) is 7.36. The zero-order chi connectivity index (χ0) is 15.1. The van der Waals surface area contributed by atoms with Crippen molar-refractivity contribution in [2.75, 3.05) is 7.05 Å². The Bertz CT molecular complexity index is 570. The number of benzene rings is 1. The van der Waals surface area contributed by atoms with E-state index in [0.29, 0.717) is 12.1 Å². The molecule has 0 radical (unpaired) electrons. The quantitative estimate of drug-likeness (QED) is 0.634. The second kappa shape index (κ2) is 5.42. The Kier molecular flexibility index (Phi) is 3.75. The fourth-order valence-corrected chi connectivity index (χ4v) is 3.60. The van der Waals surface area contributed by atoms with Crippen molar-refractivity contribution >= 4 is 17.3 Å². The van der Waals surface area contributed by atoms with E-state index in [0.717, 1.165) is 31.7 Å². The third kappa shape index (κ3) is 2.58. The number of hydrogen-bond acceptors (Lipinski definition) is 4. The van der Waals surface area contributed by atoms with Gasteiger partial charge in [0.1, 0.15) is 16.9 Å². The minimum atomic E-state index is -1.03. The lowest BCUT2D eigenvalue weighted by Crippen LogP contribution is -2.43. The summed E-state index contributed by atoms with van der Waals surface area (Å²) in [4.78, 5) is 12.2. The van der Waals surface area contributed by atoms with Gasteiger partial charge < -0.3 is 9.64 Å². The highest BCUT2D eigenvalue weighted by Gasteiger charge is 2.39. The van der Waals surface area contributed by atoms with Gasteiger partial charge in [-0.05, 0) is 38.8 Å². The summed E-state index contributed by atoms with van der Waals surface area (Å²) in [6, 6.07) is 3.47. The number of nitro benzene ring substituents is 1. The van der Waals surface area contributed by atoms with Crippen molar-refractivity contribution in [3.05, 3.63) is 33.1 Å². The average molecular weight is 315 g/mol. The number of fused-ring (bicyclic) bond motifs is 2. The van der Waals surface area contributed by atoms with E-state index in [2.05, 4.69) is 11.9 Å². The maximum atomic E-state index is 13.8. The van der Waals surface area contributed by atoms with Crippen molar-refractivity contribution in [2.24, 2.45) is 0 Å². The van der Waals surface area contributed by atoms with Crippen molar-refractivity contribution in [1.29, 1.82) is 0 Å². The molecule has 0 spiro atoms. The SMILES string of the molecule is CN1[C@@H]2CC[C@H]1C[C@@H](Oc1ccc([N+](=O)[O-])c(F)c1Cl)C2. The summed E-state index contributed by atoms with van der Waals surface area (Å²) in [5.41, 5.74) is -0.629. The number of nitrogens with zero attached hydrogens (tertiary/aromatic N) is 2. The average Bonchev–Trinajstić information content (AvgIpc) is 2.66. The number of nitro groups is 1. The van der Waals surface area contributed by atoms with Gasteiger partial charge in [-0.2, -0.15) is 4.39 Å². The molecule has 2 saturated heterocycles. The maximum absolute atomic E-state index is 13.8. The van der Waals surface area contributed by atoms with Crippen LogP contribution in [0.15, 0.2) is 12.1 Å². The summed E-state index contributed by atoms with van der Waals surface area (Å²) in [6.45, 7) is 0. The van der Waals surface area contributed by atoms with Gasteiger partial charge in [0.2, 0.25) is 5.82 Å². The number of hydrogen-bond donors (Lipinski definition) is 0. The van der Waals surface area contributed by atoms with Gasteiger partial charge in [-0.25, -0.2) is 0 Å². The normalized spacial score (nSPS) is 28.6. The molecule has 2 bridgehead atoms. The van der Waals surface area contributed by atoms with Crippen molar-refractivity contribution in [3.8, 4) is 5.75 Å². The van der Waals surface area contributed by atoms with Gasteiger partial charge in [-0.1, -0.05) is 11.6 Å². The summed E-state index contributed by atoms with van der Waals surface area (Å²) in [5.74, 6) is -0.844. The van der Waals surface area contributed by atoms with E-state index in [4.69, 9.17) is 16.3 Å². The van der Waals surface area contributed by atoms with Crippen LogP contribution in [0.5, 0.6) is 5.75 Å². The molecule has 0 saturated carbocycles. The standard InChI is InChI=1S/C14H16ClFN2O3/c1-17-8-2-3-9(17)7-10(6-8)21-12-5-4-11(18(19)20)14(16)13(12)15/h4-5,8-10H,2-3,6-7H2,1H3/t8-,9+,10+. The van der Waals surface area contributed by atoms with E-state index in [9.17, 15) is 14.5 Å². The molecule has 2 aliphatic rings. The van der Waals surface area contributed by atoms with E-state index in [1.807, 2.05) is 0 Å². The number of ether oxygens (including phenoxy) is 1. The van der Waals surface area contributed by atoms with Crippen molar-refractivity contribution in [2.45, 2.75) is 43.9 Å². The Labute approximate surface area is 126 Å². The van der Waals surface area contributed by atoms with Crippen LogP contribution in [0.25, 0.3) is 0 Å². The van der Waals surface area contributed by atoms with Crippen LogP contribution in [0.3, 0.4) is 0 Å².